The third-order valence-corrected chi connectivity index (χ3v) is 6.29. The van der Waals surface area contributed by atoms with Crippen molar-refractivity contribution in [3.05, 3.63) is 0 Å². The van der Waals surface area contributed by atoms with Crippen molar-refractivity contribution in [2.24, 2.45) is 5.84 Å². The molecular weight excluding hydrogens is 260 g/mol. The fourth-order valence-electron chi connectivity index (χ4n) is 2.20. The van der Waals surface area contributed by atoms with Crippen LogP contribution in [0.5, 0.6) is 0 Å². The monoisotopic (exact) mass is 292 g/mol. The largest absolute Gasteiger partial charge is 0.271 e. The van der Waals surface area contributed by atoms with Crippen molar-refractivity contribution in [1.29, 1.82) is 0 Å². The molecule has 116 valence electrons. The smallest absolute Gasteiger partial charge is 0.154 e. The van der Waals surface area contributed by atoms with Gasteiger partial charge >= 0.3 is 0 Å². The molecule has 0 amide bonds. The Morgan fingerprint density at radius 3 is 1.95 bits per heavy atom. The number of hydrogen-bond acceptors (Lipinski definition) is 4. The minimum atomic E-state index is -3.11. The topological polar surface area (TPSA) is 72.2 Å². The number of hydrogen-bond donors (Lipinski definition) is 2. The molecule has 0 heterocycles. The molecule has 1 unspecified atom stereocenters. The molecule has 0 saturated heterocycles. The van der Waals surface area contributed by atoms with Crippen LogP contribution in [0.25, 0.3) is 0 Å². The summed E-state index contributed by atoms with van der Waals surface area (Å²) in [4.78, 5) is 0. The summed E-state index contributed by atoms with van der Waals surface area (Å²) in [5, 5.41) is 0. The van der Waals surface area contributed by atoms with Gasteiger partial charge in [-0.1, -0.05) is 51.9 Å². The van der Waals surface area contributed by atoms with Crippen LogP contribution in [0.4, 0.5) is 0 Å². The molecule has 0 spiro atoms. The molecule has 5 heteroatoms. The van der Waals surface area contributed by atoms with Crippen LogP contribution in [0.2, 0.25) is 0 Å². The van der Waals surface area contributed by atoms with E-state index in [0.717, 1.165) is 19.3 Å². The van der Waals surface area contributed by atoms with Gasteiger partial charge in [-0.15, -0.1) is 0 Å². The lowest BCUT2D eigenvalue weighted by molar-refractivity contribution is 0.379. The summed E-state index contributed by atoms with van der Waals surface area (Å²) < 4.78 is 22.7. The highest BCUT2D eigenvalue weighted by molar-refractivity contribution is 7.92. The summed E-state index contributed by atoms with van der Waals surface area (Å²) in [7, 11) is -3.11. The molecule has 3 N–H and O–H groups in total. The average molecular weight is 292 g/mol. The van der Waals surface area contributed by atoms with E-state index < -0.39 is 14.6 Å². The maximum atomic E-state index is 11.8. The van der Waals surface area contributed by atoms with Crippen LogP contribution in [-0.2, 0) is 9.84 Å². The van der Waals surface area contributed by atoms with E-state index in [-0.39, 0.29) is 6.04 Å². The first-order chi connectivity index (χ1) is 8.77. The molecule has 0 aliphatic rings. The van der Waals surface area contributed by atoms with E-state index in [4.69, 9.17) is 5.84 Å². The Bertz CT molecular complexity index is 326. The Morgan fingerprint density at radius 1 is 1.05 bits per heavy atom. The Balaban J connectivity index is 4.02. The second-order valence-electron chi connectivity index (χ2n) is 6.00. The molecular formula is C14H32N2O2S. The molecule has 0 aromatic carbocycles. The quantitative estimate of drug-likeness (QED) is 0.349. The van der Waals surface area contributed by atoms with Crippen molar-refractivity contribution >= 4 is 9.84 Å². The maximum absolute atomic E-state index is 11.8. The van der Waals surface area contributed by atoms with Crippen LogP contribution < -0.4 is 11.3 Å². The number of unbranched alkanes of at least 4 members (excludes halogenated alkanes) is 6. The summed E-state index contributed by atoms with van der Waals surface area (Å²) >= 11 is 0. The molecule has 0 rings (SSSR count). The van der Waals surface area contributed by atoms with Crippen molar-refractivity contribution in [2.75, 3.05) is 6.26 Å². The highest BCUT2D eigenvalue weighted by Gasteiger charge is 2.37. The van der Waals surface area contributed by atoms with Gasteiger partial charge in [0.05, 0.1) is 4.75 Å². The summed E-state index contributed by atoms with van der Waals surface area (Å²) in [6.45, 7) is 5.70. The van der Waals surface area contributed by atoms with Gasteiger partial charge in [-0.3, -0.25) is 11.3 Å². The third-order valence-electron chi connectivity index (χ3n) is 4.09. The summed E-state index contributed by atoms with van der Waals surface area (Å²) in [5.74, 6) is 5.52. The molecule has 4 nitrogen and oxygen atoms in total. The summed E-state index contributed by atoms with van der Waals surface area (Å²) in [5.41, 5.74) is 2.68. The first-order valence-corrected chi connectivity index (χ1v) is 9.32. The Labute approximate surface area is 119 Å². The zero-order valence-electron chi connectivity index (χ0n) is 13.0. The molecule has 0 saturated carbocycles. The minimum absolute atomic E-state index is 0.182. The first kappa shape index (κ1) is 18.9. The fourth-order valence-corrected chi connectivity index (χ4v) is 2.90. The molecule has 1 atom stereocenters. The van der Waals surface area contributed by atoms with E-state index in [2.05, 4.69) is 12.3 Å². The van der Waals surface area contributed by atoms with E-state index in [1.807, 2.05) is 0 Å². The molecule has 0 aliphatic heterocycles. The lowest BCUT2D eigenvalue weighted by atomic mass is 9.97. The number of rotatable bonds is 11. The van der Waals surface area contributed by atoms with Gasteiger partial charge < -0.3 is 0 Å². The molecule has 0 aromatic heterocycles. The van der Waals surface area contributed by atoms with Gasteiger partial charge in [0.15, 0.2) is 9.84 Å². The van der Waals surface area contributed by atoms with Gasteiger partial charge in [0.1, 0.15) is 0 Å². The molecule has 0 aliphatic carbocycles. The lowest BCUT2D eigenvalue weighted by Crippen LogP contribution is -2.53. The average Bonchev–Trinajstić information content (AvgIpc) is 2.31. The van der Waals surface area contributed by atoms with Crippen LogP contribution in [-0.4, -0.2) is 25.5 Å². The van der Waals surface area contributed by atoms with Gasteiger partial charge in [0, 0.05) is 12.3 Å². The Kier molecular flexibility index (Phi) is 8.86. The second kappa shape index (κ2) is 8.93. The zero-order valence-corrected chi connectivity index (χ0v) is 13.9. The second-order valence-corrected chi connectivity index (χ2v) is 8.60. The van der Waals surface area contributed by atoms with E-state index in [1.165, 1.54) is 38.4 Å². The van der Waals surface area contributed by atoms with E-state index in [9.17, 15) is 8.42 Å². The van der Waals surface area contributed by atoms with Crippen molar-refractivity contribution in [2.45, 2.75) is 82.9 Å². The predicted octanol–water partition coefficient (Wildman–Crippen LogP) is 2.78. The number of nitrogens with one attached hydrogen (secondary N) is 1. The van der Waals surface area contributed by atoms with Gasteiger partial charge in [0.2, 0.25) is 0 Å². The SMILES string of the molecule is CCCCCCCCCC(NN)C(C)(C)S(C)(=O)=O. The minimum Gasteiger partial charge on any atom is -0.271 e. The molecule has 0 radical (unpaired) electrons. The van der Waals surface area contributed by atoms with Crippen LogP contribution >= 0.6 is 0 Å². The van der Waals surface area contributed by atoms with Gasteiger partial charge in [-0.2, -0.15) is 0 Å². The van der Waals surface area contributed by atoms with Crippen LogP contribution in [0, 0.1) is 0 Å². The first-order valence-electron chi connectivity index (χ1n) is 7.43. The van der Waals surface area contributed by atoms with Crippen molar-refractivity contribution < 1.29 is 8.42 Å². The number of sulfone groups is 1. The summed E-state index contributed by atoms with van der Waals surface area (Å²) in [6.07, 6.45) is 10.7. The van der Waals surface area contributed by atoms with Crippen LogP contribution in [0.15, 0.2) is 0 Å². The highest BCUT2D eigenvalue weighted by atomic mass is 32.2. The van der Waals surface area contributed by atoms with E-state index in [1.54, 1.807) is 13.8 Å². The number of nitrogens with two attached hydrogens (primary N) is 1. The lowest BCUT2D eigenvalue weighted by Gasteiger charge is -2.32. The Hall–Kier alpha value is -0.130. The molecule has 19 heavy (non-hydrogen) atoms. The van der Waals surface area contributed by atoms with Crippen LogP contribution in [0.1, 0.15) is 72.1 Å². The Morgan fingerprint density at radius 2 is 1.53 bits per heavy atom. The van der Waals surface area contributed by atoms with Gasteiger partial charge in [0.25, 0.3) is 0 Å². The van der Waals surface area contributed by atoms with Crippen molar-refractivity contribution in [3.63, 3.8) is 0 Å². The van der Waals surface area contributed by atoms with E-state index in [0.29, 0.717) is 0 Å². The number of hydrazine groups is 1. The van der Waals surface area contributed by atoms with Crippen molar-refractivity contribution in [3.8, 4) is 0 Å². The van der Waals surface area contributed by atoms with Crippen LogP contribution in [0.3, 0.4) is 0 Å². The normalized spacial score (nSPS) is 14.6. The van der Waals surface area contributed by atoms with E-state index >= 15 is 0 Å². The third kappa shape index (κ3) is 6.72. The van der Waals surface area contributed by atoms with Gasteiger partial charge in [-0.05, 0) is 20.3 Å². The fraction of sp³-hybridized carbons (Fsp3) is 1.00. The highest BCUT2D eigenvalue weighted by Crippen LogP contribution is 2.23. The van der Waals surface area contributed by atoms with Crippen molar-refractivity contribution in [1.82, 2.24) is 5.43 Å². The predicted molar refractivity (Wildman–Crippen MR) is 82.6 cm³/mol. The van der Waals surface area contributed by atoms with Gasteiger partial charge in [-0.25, -0.2) is 8.42 Å². The standard InChI is InChI=1S/C14H32N2O2S/c1-5-6-7-8-9-10-11-12-13(16-15)14(2,3)19(4,17)18/h13,16H,5-12,15H2,1-4H3. The zero-order chi connectivity index (χ0) is 14.9. The summed E-state index contributed by atoms with van der Waals surface area (Å²) in [6, 6.07) is -0.182. The molecule has 0 bridgehead atoms. The molecule has 0 aromatic rings. The maximum Gasteiger partial charge on any atom is 0.154 e. The molecule has 0 fully saturated rings.